The summed E-state index contributed by atoms with van der Waals surface area (Å²) in [4.78, 5) is 16.1. The van der Waals surface area contributed by atoms with Crippen LogP contribution in [0.4, 0.5) is 5.82 Å². The van der Waals surface area contributed by atoms with Crippen LogP contribution < -0.4 is 5.32 Å². The number of H-pyrrole nitrogens is 1. The van der Waals surface area contributed by atoms with Crippen molar-refractivity contribution in [1.82, 2.24) is 9.97 Å². The van der Waals surface area contributed by atoms with Gasteiger partial charge in [-0.1, -0.05) is 0 Å². The molecule has 0 atom stereocenters. The summed E-state index contributed by atoms with van der Waals surface area (Å²) in [6.07, 6.45) is 3.60. The fraction of sp³-hybridized carbons (Fsp3) is 0. The Labute approximate surface area is 70.2 Å². The average molecular weight is 184 g/mol. The molecule has 0 fully saturated rings. The number of hydrogen-bond donors (Lipinski definition) is 2. The van der Waals surface area contributed by atoms with Crippen LogP contribution in [0.2, 0.25) is 0 Å². The first kappa shape index (κ1) is 12.0. The van der Waals surface area contributed by atoms with Crippen LogP contribution in [0, 0.1) is 0 Å². The number of halogens is 2. The second-order valence-corrected chi connectivity index (χ2v) is 1.23. The lowest BCUT2D eigenvalue weighted by Crippen LogP contribution is -1.92. The summed E-state index contributed by atoms with van der Waals surface area (Å²) >= 11 is 0. The van der Waals surface area contributed by atoms with Crippen molar-refractivity contribution in [2.75, 3.05) is 5.32 Å². The third kappa shape index (κ3) is 3.32. The monoisotopic (exact) mass is 183 g/mol. The molecule has 0 aliphatic carbocycles. The molecule has 4 nitrogen and oxygen atoms in total. The van der Waals surface area contributed by atoms with Crippen molar-refractivity contribution >= 4 is 37.0 Å². The molecule has 1 heterocycles. The summed E-state index contributed by atoms with van der Waals surface area (Å²) in [5.41, 5.74) is 0. The number of anilines is 1. The summed E-state index contributed by atoms with van der Waals surface area (Å²) < 4.78 is 0. The number of rotatable bonds is 2. The first-order valence-electron chi connectivity index (χ1n) is 2.12. The van der Waals surface area contributed by atoms with Gasteiger partial charge >= 0.3 is 0 Å². The second-order valence-electron chi connectivity index (χ2n) is 1.23. The minimum Gasteiger partial charge on any atom is -0.331 e. The van der Waals surface area contributed by atoms with Gasteiger partial charge in [-0.3, -0.25) is 4.79 Å². The first-order chi connectivity index (χ1) is 3.93. The van der Waals surface area contributed by atoms with Crippen molar-refractivity contribution < 1.29 is 4.79 Å². The SMILES string of the molecule is Cl.Cl.O=CNc1cnc[nH]1. The van der Waals surface area contributed by atoms with E-state index in [9.17, 15) is 4.79 Å². The molecule has 1 aromatic heterocycles. The van der Waals surface area contributed by atoms with Crippen molar-refractivity contribution in [3.05, 3.63) is 12.5 Å². The number of nitrogens with zero attached hydrogens (tertiary/aromatic N) is 1. The van der Waals surface area contributed by atoms with Gasteiger partial charge in [0.15, 0.2) is 0 Å². The van der Waals surface area contributed by atoms with E-state index < -0.39 is 0 Å². The topological polar surface area (TPSA) is 57.8 Å². The molecule has 0 unspecified atom stereocenters. The molecule has 0 bridgehead atoms. The van der Waals surface area contributed by atoms with Crippen LogP contribution in [0.5, 0.6) is 0 Å². The summed E-state index contributed by atoms with van der Waals surface area (Å²) in [5.74, 6) is 0.611. The normalized spacial score (nSPS) is 6.80. The van der Waals surface area contributed by atoms with E-state index in [-0.39, 0.29) is 24.8 Å². The second kappa shape index (κ2) is 6.38. The van der Waals surface area contributed by atoms with Crippen LogP contribution in [0.3, 0.4) is 0 Å². The van der Waals surface area contributed by atoms with E-state index in [0.717, 1.165) is 0 Å². The van der Waals surface area contributed by atoms with E-state index in [2.05, 4.69) is 15.3 Å². The zero-order valence-corrected chi connectivity index (χ0v) is 6.54. The van der Waals surface area contributed by atoms with Crippen molar-refractivity contribution in [1.29, 1.82) is 0 Å². The lowest BCUT2D eigenvalue weighted by molar-refractivity contribution is -0.105. The van der Waals surface area contributed by atoms with Gasteiger partial charge in [0.2, 0.25) is 6.41 Å². The van der Waals surface area contributed by atoms with Crippen molar-refractivity contribution in [2.45, 2.75) is 0 Å². The number of amides is 1. The largest absolute Gasteiger partial charge is 0.331 e. The van der Waals surface area contributed by atoms with Crippen LogP contribution in [-0.4, -0.2) is 16.4 Å². The highest BCUT2D eigenvalue weighted by Gasteiger charge is 1.84. The molecule has 0 aliphatic rings. The third-order valence-corrected chi connectivity index (χ3v) is 0.713. The Bertz CT molecular complexity index is 165. The molecule has 0 saturated heterocycles. The van der Waals surface area contributed by atoms with Crippen molar-refractivity contribution in [3.8, 4) is 0 Å². The number of nitrogens with one attached hydrogen (secondary N) is 2. The Morgan fingerprint density at radius 3 is 2.70 bits per heavy atom. The van der Waals surface area contributed by atoms with Gasteiger partial charge in [0.1, 0.15) is 5.82 Å². The maximum absolute atomic E-state index is 9.71. The molecule has 0 spiro atoms. The van der Waals surface area contributed by atoms with Crippen LogP contribution in [0.15, 0.2) is 12.5 Å². The molecular weight excluding hydrogens is 177 g/mol. The summed E-state index contributed by atoms with van der Waals surface area (Å²) in [6, 6.07) is 0. The van der Waals surface area contributed by atoms with Gasteiger partial charge in [0.25, 0.3) is 0 Å². The Kier molecular flexibility index (Phi) is 7.65. The highest BCUT2D eigenvalue weighted by Crippen LogP contribution is 1.93. The fourth-order valence-electron chi connectivity index (χ4n) is 0.398. The van der Waals surface area contributed by atoms with Crippen LogP contribution in [0.1, 0.15) is 0 Å². The molecule has 0 aromatic carbocycles. The number of imidazole rings is 1. The molecule has 1 rings (SSSR count). The quantitative estimate of drug-likeness (QED) is 0.668. The summed E-state index contributed by atoms with van der Waals surface area (Å²) in [7, 11) is 0. The highest BCUT2D eigenvalue weighted by atomic mass is 35.5. The van der Waals surface area contributed by atoms with Gasteiger partial charge in [-0.15, -0.1) is 24.8 Å². The molecule has 6 heteroatoms. The zero-order chi connectivity index (χ0) is 5.82. The van der Waals surface area contributed by atoms with E-state index >= 15 is 0 Å². The Hall–Kier alpha value is -0.740. The minimum atomic E-state index is 0. The molecule has 1 amide bonds. The van der Waals surface area contributed by atoms with Crippen molar-refractivity contribution in [3.63, 3.8) is 0 Å². The fourth-order valence-corrected chi connectivity index (χ4v) is 0.398. The Morgan fingerprint density at radius 2 is 2.30 bits per heavy atom. The standard InChI is InChI=1S/C4H5N3O.2ClH/c8-3-7-4-1-5-2-6-4;;/h1-3H,(H,5,6)(H,7,8);2*1H. The maximum atomic E-state index is 9.71. The number of aromatic nitrogens is 2. The predicted molar refractivity (Wildman–Crippen MR) is 42.8 cm³/mol. The van der Waals surface area contributed by atoms with Crippen LogP contribution in [-0.2, 0) is 4.79 Å². The van der Waals surface area contributed by atoms with E-state index in [0.29, 0.717) is 12.2 Å². The van der Waals surface area contributed by atoms with E-state index in [1.165, 1.54) is 12.5 Å². The number of aromatic amines is 1. The van der Waals surface area contributed by atoms with Gasteiger partial charge in [0, 0.05) is 0 Å². The van der Waals surface area contributed by atoms with Crippen LogP contribution >= 0.6 is 24.8 Å². The van der Waals surface area contributed by atoms with E-state index in [1.54, 1.807) is 0 Å². The smallest absolute Gasteiger partial charge is 0.212 e. The predicted octanol–water partition coefficient (Wildman–Crippen LogP) is 0.822. The van der Waals surface area contributed by atoms with Gasteiger partial charge in [-0.2, -0.15) is 0 Å². The Balaban J connectivity index is 0. The third-order valence-electron chi connectivity index (χ3n) is 0.713. The molecule has 1 aromatic rings. The van der Waals surface area contributed by atoms with E-state index in [1.807, 2.05) is 0 Å². The average Bonchev–Trinajstić information content (AvgIpc) is 2.19. The number of carbonyl (C=O) groups excluding carboxylic acids is 1. The maximum Gasteiger partial charge on any atom is 0.212 e. The Morgan fingerprint density at radius 1 is 1.60 bits per heavy atom. The van der Waals surface area contributed by atoms with Crippen molar-refractivity contribution in [2.24, 2.45) is 0 Å². The molecule has 2 N–H and O–H groups in total. The molecule has 0 radical (unpaired) electrons. The summed E-state index contributed by atoms with van der Waals surface area (Å²) in [5, 5.41) is 2.39. The highest BCUT2D eigenvalue weighted by molar-refractivity contribution is 5.85. The molecule has 0 aliphatic heterocycles. The van der Waals surface area contributed by atoms with Gasteiger partial charge in [0.05, 0.1) is 12.5 Å². The molecule has 10 heavy (non-hydrogen) atoms. The molecular formula is C4H7Cl2N3O. The summed E-state index contributed by atoms with van der Waals surface area (Å²) in [6.45, 7) is 0. The van der Waals surface area contributed by atoms with E-state index in [4.69, 9.17) is 0 Å². The zero-order valence-electron chi connectivity index (χ0n) is 4.90. The van der Waals surface area contributed by atoms with Gasteiger partial charge in [-0.05, 0) is 0 Å². The minimum absolute atomic E-state index is 0. The molecule has 0 saturated carbocycles. The van der Waals surface area contributed by atoms with Gasteiger partial charge in [-0.25, -0.2) is 4.98 Å². The number of hydrogen-bond acceptors (Lipinski definition) is 2. The number of carbonyl (C=O) groups is 1. The first-order valence-corrected chi connectivity index (χ1v) is 2.12. The van der Waals surface area contributed by atoms with Crippen LogP contribution in [0.25, 0.3) is 0 Å². The lowest BCUT2D eigenvalue weighted by Gasteiger charge is -1.85. The van der Waals surface area contributed by atoms with Gasteiger partial charge < -0.3 is 10.3 Å². The lowest BCUT2D eigenvalue weighted by atomic mass is 10.8. The molecule has 58 valence electrons.